The number of nitrogens with zero attached hydrogens (tertiary/aromatic N) is 1. The summed E-state index contributed by atoms with van der Waals surface area (Å²) in [7, 11) is 0. The number of aromatic nitrogens is 1. The fourth-order valence-corrected chi connectivity index (χ4v) is 2.33. The van der Waals surface area contributed by atoms with Crippen LogP contribution in [0.3, 0.4) is 0 Å². The van der Waals surface area contributed by atoms with Crippen LogP contribution < -0.4 is 5.73 Å². The van der Waals surface area contributed by atoms with Crippen molar-refractivity contribution in [3.63, 3.8) is 0 Å². The van der Waals surface area contributed by atoms with E-state index in [1.807, 2.05) is 0 Å². The van der Waals surface area contributed by atoms with Crippen molar-refractivity contribution >= 4 is 5.52 Å². The van der Waals surface area contributed by atoms with Crippen molar-refractivity contribution in [3.05, 3.63) is 41.7 Å². The fraction of sp³-hybridized carbons (Fsp3) is 0.467. The fourth-order valence-electron chi connectivity index (χ4n) is 2.33. The molecular formula is C15H22N2. The average molecular weight is 230 g/mol. The van der Waals surface area contributed by atoms with Gasteiger partial charge >= 0.3 is 0 Å². The summed E-state index contributed by atoms with van der Waals surface area (Å²) in [5.74, 6) is 0.698. The first-order chi connectivity index (χ1) is 8.06. The second-order valence-electron chi connectivity index (χ2n) is 5.44. The minimum Gasteiger partial charge on any atom is -0.328 e. The van der Waals surface area contributed by atoms with Gasteiger partial charge in [-0.25, -0.2) is 0 Å². The monoisotopic (exact) mass is 230 g/mol. The van der Waals surface area contributed by atoms with Crippen molar-refractivity contribution in [1.29, 1.82) is 0 Å². The Morgan fingerprint density at radius 2 is 1.94 bits per heavy atom. The first kappa shape index (κ1) is 12.2. The van der Waals surface area contributed by atoms with Crippen LogP contribution in [0.2, 0.25) is 0 Å². The summed E-state index contributed by atoms with van der Waals surface area (Å²) >= 11 is 0. The van der Waals surface area contributed by atoms with Crippen LogP contribution in [0, 0.1) is 5.92 Å². The second kappa shape index (κ2) is 4.92. The smallest absolute Gasteiger partial charge is 0.0455 e. The molecule has 2 heteroatoms. The molecule has 1 unspecified atom stereocenters. The zero-order chi connectivity index (χ0) is 12.4. The topological polar surface area (TPSA) is 30.4 Å². The van der Waals surface area contributed by atoms with Crippen molar-refractivity contribution in [2.24, 2.45) is 11.7 Å². The van der Waals surface area contributed by atoms with Crippen molar-refractivity contribution in [3.8, 4) is 0 Å². The SMILES string of the molecule is CC(C)Cc1cc2cccc(CC(C)N)n2c1. The highest BCUT2D eigenvalue weighted by molar-refractivity contribution is 5.51. The highest BCUT2D eigenvalue weighted by atomic mass is 14.9. The van der Waals surface area contributed by atoms with E-state index in [0.29, 0.717) is 5.92 Å². The summed E-state index contributed by atoms with van der Waals surface area (Å²) < 4.78 is 2.28. The maximum atomic E-state index is 5.89. The van der Waals surface area contributed by atoms with E-state index < -0.39 is 0 Å². The third-order valence-corrected chi connectivity index (χ3v) is 2.95. The molecule has 0 saturated carbocycles. The summed E-state index contributed by atoms with van der Waals surface area (Å²) in [4.78, 5) is 0. The van der Waals surface area contributed by atoms with Crippen molar-refractivity contribution in [2.75, 3.05) is 0 Å². The normalized spacial score (nSPS) is 13.5. The molecule has 92 valence electrons. The van der Waals surface area contributed by atoms with Crippen LogP contribution in [0.4, 0.5) is 0 Å². The summed E-state index contributed by atoms with van der Waals surface area (Å²) in [5, 5.41) is 0. The van der Waals surface area contributed by atoms with Crippen LogP contribution >= 0.6 is 0 Å². The molecule has 0 aromatic carbocycles. The predicted molar refractivity (Wildman–Crippen MR) is 73.3 cm³/mol. The van der Waals surface area contributed by atoms with Crippen molar-refractivity contribution in [1.82, 2.24) is 4.40 Å². The van der Waals surface area contributed by atoms with E-state index in [4.69, 9.17) is 5.73 Å². The lowest BCUT2D eigenvalue weighted by molar-refractivity contribution is 0.646. The second-order valence-corrected chi connectivity index (χ2v) is 5.44. The number of hydrogen-bond donors (Lipinski definition) is 1. The average Bonchev–Trinajstić information content (AvgIpc) is 2.59. The molecular weight excluding hydrogens is 208 g/mol. The molecule has 0 radical (unpaired) electrons. The van der Waals surface area contributed by atoms with E-state index in [1.54, 1.807) is 0 Å². The molecule has 2 aromatic rings. The third kappa shape index (κ3) is 2.89. The third-order valence-electron chi connectivity index (χ3n) is 2.95. The van der Waals surface area contributed by atoms with Gasteiger partial charge in [-0.15, -0.1) is 0 Å². The van der Waals surface area contributed by atoms with E-state index in [9.17, 15) is 0 Å². The molecule has 2 nitrogen and oxygen atoms in total. The minimum atomic E-state index is 0.205. The number of rotatable bonds is 4. The molecule has 0 aliphatic rings. The van der Waals surface area contributed by atoms with E-state index in [2.05, 4.69) is 55.6 Å². The van der Waals surface area contributed by atoms with E-state index in [-0.39, 0.29) is 6.04 Å². The molecule has 0 aliphatic heterocycles. The molecule has 2 heterocycles. The number of fused-ring (bicyclic) bond motifs is 1. The first-order valence-corrected chi connectivity index (χ1v) is 6.40. The zero-order valence-electron chi connectivity index (χ0n) is 11.0. The van der Waals surface area contributed by atoms with Crippen LogP contribution in [-0.4, -0.2) is 10.4 Å². The zero-order valence-corrected chi connectivity index (χ0v) is 11.0. The Bertz CT molecular complexity index is 495. The predicted octanol–water partition coefficient (Wildman–Crippen LogP) is 3.03. The molecule has 0 bridgehead atoms. The maximum Gasteiger partial charge on any atom is 0.0455 e. The quantitative estimate of drug-likeness (QED) is 0.860. The molecule has 2 aromatic heterocycles. The molecule has 0 aliphatic carbocycles. The summed E-state index contributed by atoms with van der Waals surface area (Å²) in [6.45, 7) is 6.56. The highest BCUT2D eigenvalue weighted by Crippen LogP contribution is 2.16. The van der Waals surface area contributed by atoms with Gasteiger partial charge in [0.05, 0.1) is 0 Å². The lowest BCUT2D eigenvalue weighted by Crippen LogP contribution is -2.19. The van der Waals surface area contributed by atoms with Crippen LogP contribution in [0.25, 0.3) is 5.52 Å². The first-order valence-electron chi connectivity index (χ1n) is 6.40. The Morgan fingerprint density at radius 3 is 2.59 bits per heavy atom. The molecule has 17 heavy (non-hydrogen) atoms. The lowest BCUT2D eigenvalue weighted by Gasteiger charge is -2.08. The maximum absolute atomic E-state index is 5.89. The van der Waals surface area contributed by atoms with Gasteiger partial charge in [-0.3, -0.25) is 0 Å². The molecule has 2 rings (SSSR count). The standard InChI is InChI=1S/C15H22N2/c1-11(2)7-13-9-15-6-4-5-14(8-12(3)16)17(15)10-13/h4-6,9-12H,7-8,16H2,1-3H3. The Kier molecular flexibility index (Phi) is 3.53. The van der Waals surface area contributed by atoms with Crippen molar-refractivity contribution < 1.29 is 0 Å². The Hall–Kier alpha value is -1.28. The largest absolute Gasteiger partial charge is 0.328 e. The molecule has 2 N–H and O–H groups in total. The van der Waals surface area contributed by atoms with Gasteiger partial charge in [-0.05, 0) is 43.0 Å². The molecule has 0 amide bonds. The number of nitrogens with two attached hydrogens (primary N) is 1. The van der Waals surface area contributed by atoms with Crippen LogP contribution in [0.1, 0.15) is 32.0 Å². The molecule has 0 fully saturated rings. The number of hydrogen-bond acceptors (Lipinski definition) is 1. The highest BCUT2D eigenvalue weighted by Gasteiger charge is 2.06. The van der Waals surface area contributed by atoms with Gasteiger partial charge in [0.2, 0.25) is 0 Å². The van der Waals surface area contributed by atoms with Gasteiger partial charge < -0.3 is 10.1 Å². The van der Waals surface area contributed by atoms with Gasteiger partial charge in [-0.1, -0.05) is 19.9 Å². The Morgan fingerprint density at radius 1 is 1.18 bits per heavy atom. The van der Waals surface area contributed by atoms with E-state index >= 15 is 0 Å². The van der Waals surface area contributed by atoms with E-state index in [1.165, 1.54) is 16.8 Å². The van der Waals surface area contributed by atoms with Gasteiger partial charge in [-0.2, -0.15) is 0 Å². The van der Waals surface area contributed by atoms with Crippen LogP contribution in [0.5, 0.6) is 0 Å². The Balaban J connectivity index is 2.38. The Labute approximate surface area is 103 Å². The summed E-state index contributed by atoms with van der Waals surface area (Å²) in [6, 6.07) is 8.93. The molecule has 1 atom stereocenters. The van der Waals surface area contributed by atoms with Crippen LogP contribution in [0.15, 0.2) is 30.5 Å². The van der Waals surface area contributed by atoms with Gasteiger partial charge in [0.1, 0.15) is 0 Å². The molecule has 0 spiro atoms. The van der Waals surface area contributed by atoms with E-state index in [0.717, 1.165) is 12.8 Å². The lowest BCUT2D eigenvalue weighted by atomic mass is 10.1. The van der Waals surface area contributed by atoms with Gasteiger partial charge in [0.15, 0.2) is 0 Å². The summed E-state index contributed by atoms with van der Waals surface area (Å²) in [6.07, 6.45) is 4.32. The van der Waals surface area contributed by atoms with Crippen LogP contribution in [-0.2, 0) is 12.8 Å². The number of pyridine rings is 1. The van der Waals surface area contributed by atoms with Crippen molar-refractivity contribution in [2.45, 2.75) is 39.7 Å². The minimum absolute atomic E-state index is 0.205. The van der Waals surface area contributed by atoms with Gasteiger partial charge in [0.25, 0.3) is 0 Å². The molecule has 0 saturated heterocycles. The summed E-state index contributed by atoms with van der Waals surface area (Å²) in [5.41, 5.74) is 9.88. The van der Waals surface area contributed by atoms with Gasteiger partial charge in [0, 0.05) is 29.9 Å².